The molecule has 22 heteroatoms. The van der Waals surface area contributed by atoms with Crippen LogP contribution in [0.4, 0.5) is 0 Å². The van der Waals surface area contributed by atoms with Gasteiger partial charge in [0.1, 0.15) is 79.0 Å². The van der Waals surface area contributed by atoms with Gasteiger partial charge in [0, 0.05) is 51.7 Å². The summed E-state index contributed by atoms with van der Waals surface area (Å²) in [5, 5.41) is 40.4. The molecule has 0 amide bonds. The van der Waals surface area contributed by atoms with Gasteiger partial charge in [0.2, 0.25) is 0 Å². The van der Waals surface area contributed by atoms with Gasteiger partial charge in [-0.15, -0.1) is 0 Å². The fraction of sp³-hybridized carbons (Fsp3) is 0.648. The first-order valence-corrected chi connectivity index (χ1v) is 31.3. The number of hydrogen-bond acceptors (Lipinski definition) is 18. The number of benzene rings is 2. The number of halogens is 2. The molecule has 0 spiro atoms. The zero-order valence-corrected chi connectivity index (χ0v) is 48.2. The van der Waals surface area contributed by atoms with E-state index < -0.39 is 61.5 Å². The molecule has 9 heterocycles. The minimum atomic E-state index is -1.06. The number of ether oxygens (including phenoxy) is 10. The lowest BCUT2D eigenvalue weighted by Gasteiger charge is -2.47. The van der Waals surface area contributed by atoms with E-state index in [2.05, 4.69) is 65.8 Å². The molecule has 76 heavy (non-hydrogen) atoms. The second-order valence-corrected chi connectivity index (χ2v) is 25.6. The molecule has 9 fully saturated rings. The molecule has 2 unspecified atom stereocenters. The van der Waals surface area contributed by atoms with Crippen LogP contribution in [0.3, 0.4) is 0 Å². The quantitative estimate of drug-likeness (QED) is 0.0774. The van der Waals surface area contributed by atoms with Crippen LogP contribution in [-0.4, -0.2) is 168 Å². The normalized spacial score (nSPS) is 36.4. The Hall–Kier alpha value is -2.04. The van der Waals surface area contributed by atoms with E-state index in [1.807, 2.05) is 24.3 Å². The Morgan fingerprint density at radius 3 is 1.74 bits per heavy atom. The van der Waals surface area contributed by atoms with Gasteiger partial charge in [-0.05, 0) is 84.6 Å². The number of carbonyl (C=O) groups excluding carboxylic acids is 3. The zero-order valence-electron chi connectivity index (χ0n) is 43.2. The molecule has 9 aliphatic rings. The number of Topliss-reactive ketones (excluding diaryl/α,β-unsaturated/α-hetero) is 1. The van der Waals surface area contributed by atoms with Crippen LogP contribution in [0.2, 0.25) is 0 Å². The number of hydrogen-bond donors (Lipinski definition) is 4. The summed E-state index contributed by atoms with van der Waals surface area (Å²) in [5.41, 5.74) is 0.941. The minimum Gasteiger partial charge on any atom is -0.458 e. The van der Waals surface area contributed by atoms with Gasteiger partial charge in [-0.1, -0.05) is 81.4 Å². The van der Waals surface area contributed by atoms with Crippen molar-refractivity contribution in [2.75, 3.05) is 13.2 Å². The maximum absolute atomic E-state index is 12.8. The maximum atomic E-state index is 12.8. The molecule has 11 rings (SSSR count). The first-order valence-electron chi connectivity index (χ1n) is 26.7. The summed E-state index contributed by atoms with van der Waals surface area (Å²) in [7, 11) is 2.20. The van der Waals surface area contributed by atoms with E-state index in [-0.39, 0.29) is 105 Å². The second-order valence-electron chi connectivity index (χ2n) is 20.6. The predicted octanol–water partition coefficient (Wildman–Crippen LogP) is 6.99. The highest BCUT2D eigenvalue weighted by atomic mass is 79.9. The van der Waals surface area contributed by atoms with Crippen molar-refractivity contribution in [1.29, 1.82) is 1.28 Å². The molecular formula is C54H71Br2O17P2S+. The zero-order chi connectivity index (χ0) is 55.0. The van der Waals surface area contributed by atoms with Crippen molar-refractivity contribution in [3.63, 3.8) is 0 Å². The average Bonchev–Trinajstić information content (AvgIpc) is 4.05. The monoisotopic (exact) mass is 1250 g/mol. The fourth-order valence-electron chi connectivity index (χ4n) is 11.8. The van der Waals surface area contributed by atoms with Crippen molar-refractivity contribution in [3.05, 3.63) is 93.9 Å². The summed E-state index contributed by atoms with van der Waals surface area (Å²) < 4.78 is 69.8. The Labute approximate surface area is 470 Å². The molecule has 6 bridgehead atoms. The Morgan fingerprint density at radius 2 is 1.17 bits per heavy atom. The number of aliphatic hydroxyl groups excluding tert-OH is 4. The average molecular weight is 1250 g/mol. The van der Waals surface area contributed by atoms with Crippen molar-refractivity contribution < 1.29 is 82.2 Å². The molecule has 0 saturated carbocycles. The van der Waals surface area contributed by atoms with Gasteiger partial charge in [-0.3, -0.25) is 4.79 Å². The van der Waals surface area contributed by atoms with E-state index >= 15 is 0 Å². The van der Waals surface area contributed by atoms with Gasteiger partial charge in [0.15, 0.2) is 24.6 Å². The van der Waals surface area contributed by atoms with E-state index in [9.17, 15) is 34.8 Å². The number of rotatable bonds is 20. The topological polar surface area (TPSA) is 224 Å². The number of ketones is 1. The molecule has 0 aliphatic carbocycles. The third-order valence-corrected chi connectivity index (χ3v) is 15.9. The van der Waals surface area contributed by atoms with Gasteiger partial charge < -0.3 is 67.8 Å². The van der Waals surface area contributed by atoms with Crippen molar-refractivity contribution in [3.8, 4) is 0 Å². The maximum Gasteiger partial charge on any atom is 0.355 e. The molecule has 17 nitrogen and oxygen atoms in total. The Kier molecular flexibility index (Phi) is 21.7. The van der Waals surface area contributed by atoms with Gasteiger partial charge in [-0.25, -0.2) is 9.59 Å². The van der Waals surface area contributed by atoms with Crippen LogP contribution in [0.1, 0.15) is 111 Å². The minimum absolute atomic E-state index is 0.000520. The lowest BCUT2D eigenvalue weighted by molar-refractivity contribution is -0.293. The Balaban J connectivity index is 0.000000191. The van der Waals surface area contributed by atoms with Crippen LogP contribution < -0.4 is 0 Å². The lowest BCUT2D eigenvalue weighted by atomic mass is 9.87. The van der Waals surface area contributed by atoms with E-state index in [1.165, 1.54) is 0 Å². The van der Waals surface area contributed by atoms with Crippen LogP contribution in [0.15, 0.2) is 82.8 Å². The smallest absolute Gasteiger partial charge is 0.355 e. The van der Waals surface area contributed by atoms with Crippen molar-refractivity contribution in [1.82, 2.24) is 0 Å². The van der Waals surface area contributed by atoms with Crippen LogP contribution in [0.25, 0.3) is 0 Å². The number of fused-ring (bicyclic) bond motifs is 3. The van der Waals surface area contributed by atoms with E-state index in [1.54, 1.807) is 36.4 Å². The van der Waals surface area contributed by atoms with Crippen LogP contribution >= 0.6 is 47.8 Å². The summed E-state index contributed by atoms with van der Waals surface area (Å²) in [5.74, 6) is -1.83. The van der Waals surface area contributed by atoms with Crippen molar-refractivity contribution >= 4 is 77.3 Å². The molecule has 9 saturated heterocycles. The highest BCUT2D eigenvalue weighted by molar-refractivity contribution is 9.12. The fourth-order valence-corrected chi connectivity index (χ4v) is 12.5. The molecule has 418 valence electrons. The predicted molar refractivity (Wildman–Crippen MR) is 293 cm³/mol. The number of aliphatic hydroxyl groups is 4. The molecule has 2 aromatic rings. The number of esters is 2. The molecule has 2 aromatic carbocycles. The lowest BCUT2D eigenvalue weighted by Crippen LogP contribution is -2.61. The van der Waals surface area contributed by atoms with E-state index in [0.717, 1.165) is 17.3 Å². The first-order chi connectivity index (χ1) is 36.9. The molecular weight excluding hydrogens is 1170 g/mol. The summed E-state index contributed by atoms with van der Waals surface area (Å²) in [6, 6.07) is 17.6. The van der Waals surface area contributed by atoms with Gasteiger partial charge in [0.05, 0.1) is 56.7 Å². The standard InChI is InChI=1S/C27H35BrO9.C27H33BrO8.H2P2S/c1-15(28)13-19(35-27(33)16-5-3-2-4-6-16)8-7-17(30)14-21-22(31)25-26(37-21)23(32)24-20(36-25)10-9-18(34-24)11-12-29;1-15(28)13-18(32-26(30)16-5-3-2-4-6-16)9-11-27-14-20-22(35-27)23-24(34-20)25(36-27)21-19(33-23)8-7-17(31-21)10-12-29;1-2-3/h2-6,18-26,29,31-32H,1,7-14H2;2-6,17-25,29H,1,7-14H2;1H2/p+1/t18-,19-,20+,21-,22+,23+,24+,25+,26+;17-,18-,19+,20-,21+,22+,23+,24-,25+,27+;/m11./s1/i/hT. The van der Waals surface area contributed by atoms with E-state index in [0.29, 0.717) is 79.8 Å². The third-order valence-electron chi connectivity index (χ3n) is 15.3. The summed E-state index contributed by atoms with van der Waals surface area (Å²) in [6.07, 6.45) is -0.749. The molecule has 21 atom stereocenters. The van der Waals surface area contributed by atoms with Gasteiger partial charge >= 0.3 is 13.2 Å². The van der Waals surface area contributed by atoms with Crippen LogP contribution in [-0.2, 0) is 64.0 Å². The SMILES string of the molecule is C=C(Br)C[C@@H](CCC(=O)C[C@H]1O[C@H]2[C@@H](O)[C@H]3O[C@@H](CCO)CC[C@@H]3O[C@H]2[C@H]1O)OC(=O)c1ccccc1.C=C(Br)C[C@@H](CC[C@@]12C[C@H]3O[C@H]4[C@@H](O1)[C@H]1O[C@@H](CCO)CC[C@@H]1O[C@H]4[C@H]3O2)OC(=O)c1ccccc1.[3H][P+](P)=S. The number of carbonyl (C=O) groups is 3. The highest BCUT2D eigenvalue weighted by Gasteiger charge is 2.68. The Bertz CT molecular complexity index is 2350. The van der Waals surface area contributed by atoms with E-state index in [4.69, 9.17) is 48.6 Å². The largest absolute Gasteiger partial charge is 0.458 e. The third kappa shape index (κ3) is 14.9. The Morgan fingerprint density at radius 1 is 0.684 bits per heavy atom. The summed E-state index contributed by atoms with van der Waals surface area (Å²) >= 11 is 11.0. The highest BCUT2D eigenvalue weighted by Crippen LogP contribution is 2.54. The summed E-state index contributed by atoms with van der Waals surface area (Å²) in [4.78, 5) is 38.1. The van der Waals surface area contributed by atoms with Crippen molar-refractivity contribution in [2.45, 2.75) is 206 Å². The van der Waals surface area contributed by atoms with Gasteiger partial charge in [-0.2, -0.15) is 0 Å². The van der Waals surface area contributed by atoms with Crippen molar-refractivity contribution in [2.24, 2.45) is 0 Å². The molecule has 4 N–H and O–H groups in total. The molecule has 0 aromatic heterocycles. The molecule has 9 aliphatic heterocycles. The van der Waals surface area contributed by atoms with Crippen LogP contribution in [0.5, 0.6) is 0 Å². The van der Waals surface area contributed by atoms with Gasteiger partial charge in [0.25, 0.3) is 0 Å². The second kappa shape index (κ2) is 28.1. The van der Waals surface area contributed by atoms with Crippen LogP contribution in [0, 0.1) is 0 Å². The molecule has 0 radical (unpaired) electrons. The summed E-state index contributed by atoms with van der Waals surface area (Å²) in [6.45, 7) is 6.99. The first kappa shape index (κ1) is 58.6.